The average molecular weight is 497 g/mol. The quantitative estimate of drug-likeness (QED) is 0.398. The van der Waals surface area contributed by atoms with Crippen LogP contribution >= 0.6 is 0 Å². The highest BCUT2D eigenvalue weighted by atomic mass is 16.5. The van der Waals surface area contributed by atoms with Crippen molar-refractivity contribution in [1.82, 2.24) is 30.0 Å². The van der Waals surface area contributed by atoms with Gasteiger partial charge in [-0.2, -0.15) is 0 Å². The van der Waals surface area contributed by atoms with Crippen LogP contribution in [0.15, 0.2) is 36.4 Å². The molecule has 1 aliphatic heterocycles. The Hall–Kier alpha value is -3.37. The lowest BCUT2D eigenvalue weighted by Crippen LogP contribution is -2.48. The van der Waals surface area contributed by atoms with Gasteiger partial charge in [-0.25, -0.2) is 4.68 Å². The first-order valence-corrected chi connectivity index (χ1v) is 12.3. The summed E-state index contributed by atoms with van der Waals surface area (Å²) < 4.78 is 24.1. The third kappa shape index (κ3) is 5.55. The van der Waals surface area contributed by atoms with E-state index in [1.807, 2.05) is 41.1 Å². The number of benzene rings is 2. The van der Waals surface area contributed by atoms with Crippen molar-refractivity contribution in [3.05, 3.63) is 53.3 Å². The highest BCUT2D eigenvalue weighted by Gasteiger charge is 2.32. The van der Waals surface area contributed by atoms with Gasteiger partial charge in [0.2, 0.25) is 0 Å². The summed E-state index contributed by atoms with van der Waals surface area (Å²) in [5.41, 5.74) is 2.10. The van der Waals surface area contributed by atoms with Gasteiger partial charge in [0, 0.05) is 38.3 Å². The molecule has 1 fully saturated rings. The summed E-state index contributed by atoms with van der Waals surface area (Å²) in [4.78, 5) is 4.89. The molecule has 0 bridgehead atoms. The van der Waals surface area contributed by atoms with E-state index < -0.39 is 0 Å². The number of aryl methyl sites for hydroxylation is 2. The van der Waals surface area contributed by atoms with Crippen LogP contribution in [0.2, 0.25) is 0 Å². The number of hydrogen-bond donors (Lipinski definition) is 0. The van der Waals surface area contributed by atoms with Crippen LogP contribution in [0.4, 0.5) is 0 Å². The highest BCUT2D eigenvalue weighted by molar-refractivity contribution is 5.45. The lowest BCUT2D eigenvalue weighted by molar-refractivity contribution is 0.107. The Balaban J connectivity index is 1.66. The largest absolute Gasteiger partial charge is 0.497 e. The van der Waals surface area contributed by atoms with Crippen LogP contribution in [0.25, 0.3) is 0 Å². The van der Waals surface area contributed by atoms with E-state index >= 15 is 0 Å². The second-order valence-electron chi connectivity index (χ2n) is 8.68. The number of methoxy groups -OCH3 is 4. The maximum absolute atomic E-state index is 5.78. The number of likely N-dealkylation sites (N-methyl/N-ethyl adjacent to an activating group) is 1. The van der Waals surface area contributed by atoms with Crippen LogP contribution in [0, 0.1) is 0 Å². The van der Waals surface area contributed by atoms with E-state index in [0.29, 0.717) is 18.0 Å². The van der Waals surface area contributed by atoms with Crippen LogP contribution in [0.5, 0.6) is 23.0 Å². The van der Waals surface area contributed by atoms with Gasteiger partial charge in [0.15, 0.2) is 17.3 Å². The van der Waals surface area contributed by atoms with Gasteiger partial charge >= 0.3 is 0 Å². The van der Waals surface area contributed by atoms with E-state index in [0.717, 1.165) is 67.6 Å². The van der Waals surface area contributed by atoms with Crippen molar-refractivity contribution >= 4 is 0 Å². The number of piperazine rings is 1. The van der Waals surface area contributed by atoms with Gasteiger partial charge in [-0.15, -0.1) is 5.10 Å². The first kappa shape index (κ1) is 25.7. The minimum absolute atomic E-state index is 0.172. The second-order valence-corrected chi connectivity index (χ2v) is 8.68. The monoisotopic (exact) mass is 496 g/mol. The molecule has 1 aromatic heterocycles. The normalized spacial score (nSPS) is 15.5. The van der Waals surface area contributed by atoms with Crippen molar-refractivity contribution in [2.24, 2.45) is 0 Å². The fourth-order valence-corrected chi connectivity index (χ4v) is 4.73. The smallest absolute Gasteiger partial charge is 0.173 e. The van der Waals surface area contributed by atoms with Crippen molar-refractivity contribution in [2.75, 3.05) is 61.2 Å². The summed E-state index contributed by atoms with van der Waals surface area (Å²) in [7, 11) is 6.65. The lowest BCUT2D eigenvalue weighted by Gasteiger charge is -2.38. The summed E-state index contributed by atoms with van der Waals surface area (Å²) in [5.74, 6) is 3.76. The summed E-state index contributed by atoms with van der Waals surface area (Å²) in [6, 6.07) is 11.7. The lowest BCUT2D eigenvalue weighted by atomic mass is 10.0. The first-order valence-electron chi connectivity index (χ1n) is 12.3. The molecule has 2 aromatic carbocycles. The number of nitrogens with zero attached hydrogens (tertiary/aromatic N) is 6. The molecule has 10 nitrogen and oxygen atoms in total. The van der Waals surface area contributed by atoms with Gasteiger partial charge in [-0.1, -0.05) is 13.0 Å². The van der Waals surface area contributed by atoms with E-state index in [1.165, 1.54) is 0 Å². The number of aromatic nitrogens is 4. The zero-order valence-electron chi connectivity index (χ0n) is 21.8. The van der Waals surface area contributed by atoms with E-state index in [4.69, 9.17) is 18.9 Å². The van der Waals surface area contributed by atoms with E-state index in [2.05, 4.69) is 32.2 Å². The third-order valence-electron chi connectivity index (χ3n) is 6.82. The Bertz CT molecular complexity index is 1130. The van der Waals surface area contributed by atoms with Gasteiger partial charge in [0.25, 0.3) is 0 Å². The Labute approximate surface area is 212 Å². The zero-order valence-corrected chi connectivity index (χ0v) is 21.8. The fraction of sp³-hybridized carbons (Fsp3) is 0.500. The van der Waals surface area contributed by atoms with E-state index in [-0.39, 0.29) is 6.04 Å². The highest BCUT2D eigenvalue weighted by Crippen LogP contribution is 2.37. The molecule has 0 saturated carbocycles. The van der Waals surface area contributed by atoms with Crippen molar-refractivity contribution in [3.8, 4) is 23.0 Å². The van der Waals surface area contributed by atoms with Crippen molar-refractivity contribution in [3.63, 3.8) is 0 Å². The Morgan fingerprint density at radius 3 is 2.22 bits per heavy atom. The summed E-state index contributed by atoms with van der Waals surface area (Å²) >= 11 is 0. The molecule has 194 valence electrons. The average Bonchev–Trinajstić information content (AvgIpc) is 3.40. The number of tetrazole rings is 1. The molecule has 36 heavy (non-hydrogen) atoms. The third-order valence-corrected chi connectivity index (χ3v) is 6.82. The van der Waals surface area contributed by atoms with Crippen LogP contribution in [0.3, 0.4) is 0 Å². The molecule has 0 spiro atoms. The molecule has 0 N–H and O–H groups in total. The number of hydrogen-bond acceptors (Lipinski definition) is 9. The van der Waals surface area contributed by atoms with Crippen LogP contribution in [-0.4, -0.2) is 91.2 Å². The predicted molar refractivity (Wildman–Crippen MR) is 136 cm³/mol. The minimum Gasteiger partial charge on any atom is -0.497 e. The molecule has 1 saturated heterocycles. The van der Waals surface area contributed by atoms with Crippen molar-refractivity contribution in [1.29, 1.82) is 0 Å². The van der Waals surface area contributed by atoms with Crippen molar-refractivity contribution in [2.45, 2.75) is 25.9 Å². The Morgan fingerprint density at radius 1 is 0.833 bits per heavy atom. The molecule has 0 radical (unpaired) electrons. The molecular formula is C26H36N6O4. The molecule has 1 atom stereocenters. The standard InChI is InChI=1S/C26H36N6O4/c1-6-30-13-15-31(16-14-30)25(21-18-20(33-2)8-10-22(21)34-3)26-27-28-29-32(26)12-11-19-7-9-23(35-4)24(17-19)36-5/h7-10,17-18,25H,6,11-16H2,1-5H3. The zero-order chi connectivity index (χ0) is 25.5. The van der Waals surface area contributed by atoms with Crippen LogP contribution in [-0.2, 0) is 13.0 Å². The minimum atomic E-state index is -0.172. The summed E-state index contributed by atoms with van der Waals surface area (Å²) in [6.07, 6.45) is 0.740. The van der Waals surface area contributed by atoms with E-state index in [1.54, 1.807) is 28.4 Å². The predicted octanol–water partition coefficient (Wildman–Crippen LogP) is 2.68. The van der Waals surface area contributed by atoms with Crippen LogP contribution in [0.1, 0.15) is 29.9 Å². The fourth-order valence-electron chi connectivity index (χ4n) is 4.73. The van der Waals surface area contributed by atoms with Gasteiger partial charge in [0.05, 0.1) is 28.4 Å². The SMILES string of the molecule is CCN1CCN(C(c2cc(OC)ccc2OC)c2nnnn2CCc2ccc(OC)c(OC)c2)CC1. The molecule has 3 aromatic rings. The number of ether oxygens (including phenoxy) is 4. The van der Waals surface area contributed by atoms with Gasteiger partial charge in [-0.3, -0.25) is 4.90 Å². The molecule has 0 aliphatic carbocycles. The molecule has 0 amide bonds. The van der Waals surface area contributed by atoms with Crippen molar-refractivity contribution < 1.29 is 18.9 Å². The topological polar surface area (TPSA) is 87.0 Å². The maximum Gasteiger partial charge on any atom is 0.173 e. The van der Waals surface area contributed by atoms with Gasteiger partial charge < -0.3 is 23.8 Å². The van der Waals surface area contributed by atoms with Crippen LogP contribution < -0.4 is 18.9 Å². The van der Waals surface area contributed by atoms with Gasteiger partial charge in [-0.05, 0) is 59.3 Å². The Kier molecular flexibility index (Phi) is 8.61. The molecule has 4 rings (SSSR count). The molecule has 1 unspecified atom stereocenters. The molecule has 2 heterocycles. The summed E-state index contributed by atoms with van der Waals surface area (Å²) in [6.45, 7) is 7.66. The Morgan fingerprint density at radius 2 is 1.56 bits per heavy atom. The molecular weight excluding hydrogens is 460 g/mol. The molecule has 1 aliphatic rings. The first-order chi connectivity index (χ1) is 17.6. The maximum atomic E-state index is 5.78. The number of rotatable bonds is 11. The van der Waals surface area contributed by atoms with E-state index in [9.17, 15) is 0 Å². The van der Waals surface area contributed by atoms with Gasteiger partial charge in [0.1, 0.15) is 17.5 Å². The summed E-state index contributed by atoms with van der Waals surface area (Å²) in [5, 5.41) is 13.0. The molecule has 10 heteroatoms. The second kappa shape index (κ2) is 12.0.